The van der Waals surface area contributed by atoms with Crippen LogP contribution in [0.3, 0.4) is 0 Å². The van der Waals surface area contributed by atoms with Gasteiger partial charge in [0.25, 0.3) is 5.22 Å². The Morgan fingerprint density at radius 3 is 2.72 bits per heavy atom. The molecule has 2 aromatic carbocycles. The van der Waals surface area contributed by atoms with Gasteiger partial charge >= 0.3 is 5.97 Å². The molecule has 3 aromatic rings. The maximum atomic E-state index is 13.2. The maximum absolute atomic E-state index is 13.2. The molecule has 0 aliphatic rings. The highest BCUT2D eigenvalue weighted by Gasteiger charge is 2.17. The summed E-state index contributed by atoms with van der Waals surface area (Å²) in [6, 6.07) is 12.5. The van der Waals surface area contributed by atoms with Crippen LogP contribution in [0.2, 0.25) is 5.02 Å². The van der Waals surface area contributed by atoms with Crippen molar-refractivity contribution < 1.29 is 18.7 Å². The van der Waals surface area contributed by atoms with Crippen molar-refractivity contribution in [3.63, 3.8) is 0 Å². The number of benzene rings is 2. The lowest BCUT2D eigenvalue weighted by Crippen LogP contribution is -1.96. The van der Waals surface area contributed by atoms with Crippen LogP contribution in [0.1, 0.15) is 5.56 Å². The number of carboxylic acids is 1. The van der Waals surface area contributed by atoms with Gasteiger partial charge in [-0.1, -0.05) is 35.9 Å². The van der Waals surface area contributed by atoms with Crippen molar-refractivity contribution in [2.45, 2.75) is 5.22 Å². The molecule has 25 heavy (non-hydrogen) atoms. The smallest absolute Gasteiger partial charge is 0.342 e. The first-order valence-electron chi connectivity index (χ1n) is 7.00. The van der Waals surface area contributed by atoms with Gasteiger partial charge in [-0.05, 0) is 47.7 Å². The van der Waals surface area contributed by atoms with Gasteiger partial charge in [-0.3, -0.25) is 0 Å². The fourth-order valence-corrected chi connectivity index (χ4v) is 2.86. The Bertz CT molecular complexity index is 958. The van der Waals surface area contributed by atoms with E-state index < -0.39 is 11.8 Å². The van der Waals surface area contributed by atoms with E-state index in [-0.39, 0.29) is 16.0 Å². The molecule has 0 atom stereocenters. The quantitative estimate of drug-likeness (QED) is 0.511. The highest BCUT2D eigenvalue weighted by atomic mass is 35.5. The lowest BCUT2D eigenvalue weighted by atomic mass is 10.2. The molecule has 126 valence electrons. The molecule has 0 bridgehead atoms. The van der Waals surface area contributed by atoms with E-state index >= 15 is 0 Å². The van der Waals surface area contributed by atoms with Crippen molar-refractivity contribution >= 4 is 35.4 Å². The molecule has 0 saturated carbocycles. The number of nitrogens with zero attached hydrogens (tertiary/aromatic N) is 2. The second kappa shape index (κ2) is 7.50. The van der Waals surface area contributed by atoms with Gasteiger partial charge in [-0.15, -0.1) is 10.2 Å². The van der Waals surface area contributed by atoms with Gasteiger partial charge in [-0.25, -0.2) is 9.18 Å². The fraction of sp³-hybridized carbons (Fsp3) is 0. The Labute approximate surface area is 151 Å². The van der Waals surface area contributed by atoms with Crippen LogP contribution in [0.25, 0.3) is 17.5 Å². The van der Waals surface area contributed by atoms with E-state index in [0.717, 1.165) is 11.8 Å². The van der Waals surface area contributed by atoms with E-state index in [4.69, 9.17) is 16.0 Å². The number of halogens is 2. The molecule has 0 amide bonds. The zero-order chi connectivity index (χ0) is 17.8. The van der Waals surface area contributed by atoms with Gasteiger partial charge < -0.3 is 9.52 Å². The summed E-state index contributed by atoms with van der Waals surface area (Å²) >= 11 is 6.85. The Morgan fingerprint density at radius 1 is 1.20 bits per heavy atom. The van der Waals surface area contributed by atoms with Crippen molar-refractivity contribution in [1.82, 2.24) is 10.2 Å². The number of carbonyl (C=O) groups is 1. The normalized spacial score (nSPS) is 11.5. The first-order valence-corrected chi connectivity index (χ1v) is 8.19. The molecule has 0 fully saturated rings. The van der Waals surface area contributed by atoms with Gasteiger partial charge in [-0.2, -0.15) is 0 Å². The lowest BCUT2D eigenvalue weighted by Gasteiger charge is -2.00. The second-order valence-corrected chi connectivity index (χ2v) is 6.22. The van der Waals surface area contributed by atoms with Crippen LogP contribution >= 0.6 is 23.4 Å². The minimum atomic E-state index is -1.19. The van der Waals surface area contributed by atoms with Crippen LogP contribution in [0.5, 0.6) is 0 Å². The molecule has 0 aliphatic carbocycles. The summed E-state index contributed by atoms with van der Waals surface area (Å²) in [4.78, 5) is 11.3. The second-order valence-electron chi connectivity index (χ2n) is 4.82. The third kappa shape index (κ3) is 4.26. The molecule has 8 heteroatoms. The van der Waals surface area contributed by atoms with E-state index in [1.165, 1.54) is 24.3 Å². The molecule has 1 heterocycles. The lowest BCUT2D eigenvalue weighted by molar-refractivity contribution is -0.131. The van der Waals surface area contributed by atoms with E-state index in [0.29, 0.717) is 16.1 Å². The molecule has 0 aliphatic heterocycles. The average molecular weight is 377 g/mol. The molecule has 0 unspecified atom stereocenters. The third-order valence-corrected chi connectivity index (χ3v) is 4.25. The minimum absolute atomic E-state index is 0.0416. The predicted octanol–water partition coefficient (Wildman–Crippen LogP) is 4.75. The number of thioether (sulfide) groups is 1. The SMILES string of the molecule is O=C(O)/C(=C\c1cccc(F)c1)Sc1nnc(-c2ccccc2Cl)o1. The highest BCUT2D eigenvalue weighted by Crippen LogP contribution is 2.32. The number of hydrogen-bond donors (Lipinski definition) is 1. The fourth-order valence-electron chi connectivity index (χ4n) is 1.97. The van der Waals surface area contributed by atoms with Gasteiger partial charge in [0.1, 0.15) is 10.7 Å². The van der Waals surface area contributed by atoms with E-state index in [1.807, 2.05) is 0 Å². The van der Waals surface area contributed by atoms with Gasteiger partial charge in [0.05, 0.1) is 10.6 Å². The number of aromatic nitrogens is 2. The molecular weight excluding hydrogens is 367 g/mol. The maximum Gasteiger partial charge on any atom is 0.342 e. The summed E-state index contributed by atoms with van der Waals surface area (Å²) in [5.74, 6) is -1.46. The molecule has 5 nitrogen and oxygen atoms in total. The summed E-state index contributed by atoms with van der Waals surface area (Å²) in [5, 5.41) is 17.5. The molecule has 1 N–H and O–H groups in total. The predicted molar refractivity (Wildman–Crippen MR) is 92.6 cm³/mol. The van der Waals surface area contributed by atoms with Crippen LogP contribution in [0.4, 0.5) is 4.39 Å². The van der Waals surface area contributed by atoms with Crippen molar-refractivity contribution in [3.8, 4) is 11.5 Å². The topological polar surface area (TPSA) is 76.2 Å². The Morgan fingerprint density at radius 2 is 2.00 bits per heavy atom. The van der Waals surface area contributed by atoms with Crippen molar-refractivity contribution in [1.29, 1.82) is 0 Å². The van der Waals surface area contributed by atoms with Crippen LogP contribution < -0.4 is 0 Å². The largest absolute Gasteiger partial charge is 0.477 e. The van der Waals surface area contributed by atoms with Crippen LogP contribution in [-0.2, 0) is 4.79 Å². The van der Waals surface area contributed by atoms with Crippen LogP contribution in [-0.4, -0.2) is 21.3 Å². The van der Waals surface area contributed by atoms with Gasteiger partial charge in [0.2, 0.25) is 5.89 Å². The summed E-state index contributed by atoms with van der Waals surface area (Å²) in [5.41, 5.74) is 0.963. The molecule has 0 radical (unpaired) electrons. The average Bonchev–Trinajstić information content (AvgIpc) is 3.03. The first kappa shape index (κ1) is 17.2. The van der Waals surface area contributed by atoms with Crippen molar-refractivity contribution in [2.24, 2.45) is 0 Å². The zero-order valence-electron chi connectivity index (χ0n) is 12.5. The highest BCUT2D eigenvalue weighted by molar-refractivity contribution is 8.03. The summed E-state index contributed by atoms with van der Waals surface area (Å²) < 4.78 is 18.7. The Hall–Kier alpha value is -2.64. The molecule has 3 rings (SSSR count). The van der Waals surface area contributed by atoms with E-state index in [9.17, 15) is 14.3 Å². The number of carboxylic acid groups (broad SMARTS) is 1. The van der Waals surface area contributed by atoms with E-state index in [1.54, 1.807) is 30.3 Å². The number of aliphatic carboxylic acids is 1. The van der Waals surface area contributed by atoms with E-state index in [2.05, 4.69) is 10.2 Å². The Kier molecular flexibility index (Phi) is 5.16. The summed E-state index contributed by atoms with van der Waals surface area (Å²) in [6.45, 7) is 0. The zero-order valence-corrected chi connectivity index (χ0v) is 14.1. The number of hydrogen-bond acceptors (Lipinski definition) is 5. The van der Waals surface area contributed by atoms with Crippen LogP contribution in [0.15, 0.2) is 63.1 Å². The summed E-state index contributed by atoms with van der Waals surface area (Å²) in [6.07, 6.45) is 1.33. The van der Waals surface area contributed by atoms with Gasteiger partial charge in [0.15, 0.2) is 0 Å². The molecule has 1 aromatic heterocycles. The van der Waals surface area contributed by atoms with Gasteiger partial charge in [0, 0.05) is 0 Å². The standard InChI is InChI=1S/C17H10ClFN2O3S/c18-13-7-2-1-6-12(13)15-20-21-17(24-15)25-14(16(22)23)9-10-4-3-5-11(19)8-10/h1-9H,(H,22,23)/b14-9+. The van der Waals surface area contributed by atoms with Crippen molar-refractivity contribution in [3.05, 3.63) is 69.8 Å². The number of rotatable bonds is 5. The molecular formula is C17H10ClFN2O3S. The molecule has 0 spiro atoms. The monoisotopic (exact) mass is 376 g/mol. The van der Waals surface area contributed by atoms with Crippen LogP contribution in [0, 0.1) is 5.82 Å². The molecule has 0 saturated heterocycles. The first-order chi connectivity index (χ1) is 12.0. The Balaban J connectivity index is 1.87. The summed E-state index contributed by atoms with van der Waals surface area (Å²) in [7, 11) is 0. The van der Waals surface area contributed by atoms with Crippen molar-refractivity contribution in [2.75, 3.05) is 0 Å². The minimum Gasteiger partial charge on any atom is -0.477 e. The third-order valence-electron chi connectivity index (χ3n) is 3.07.